The number of hydrogen-bond donors (Lipinski definition) is 1. The summed E-state index contributed by atoms with van der Waals surface area (Å²) in [7, 11) is 2.73. The van der Waals surface area contributed by atoms with Gasteiger partial charge < -0.3 is 14.6 Å². The Morgan fingerprint density at radius 1 is 1.29 bits per heavy atom. The van der Waals surface area contributed by atoms with Gasteiger partial charge in [0.25, 0.3) is 0 Å². The van der Waals surface area contributed by atoms with Gasteiger partial charge in [0, 0.05) is 6.08 Å². The van der Waals surface area contributed by atoms with Crippen molar-refractivity contribution in [1.29, 1.82) is 0 Å². The van der Waals surface area contributed by atoms with Gasteiger partial charge in [-0.3, -0.25) is 0 Å². The largest absolute Gasteiger partial charge is 0.497 e. The molecule has 0 fully saturated rings. The summed E-state index contributed by atoms with van der Waals surface area (Å²) in [5, 5.41) is 8.53. The normalized spacial score (nSPS) is 10.2. The summed E-state index contributed by atoms with van der Waals surface area (Å²) in [5.74, 6) is -1.14. The number of carbonyl (C=O) groups excluding carboxylic acids is 1. The summed E-state index contributed by atoms with van der Waals surface area (Å²) in [6, 6.07) is 4.71. The van der Waals surface area contributed by atoms with E-state index in [-0.39, 0.29) is 5.56 Å². The van der Waals surface area contributed by atoms with Crippen molar-refractivity contribution in [2.45, 2.75) is 0 Å². The Balaban J connectivity index is 3.19. The second-order valence-corrected chi connectivity index (χ2v) is 3.12. The van der Waals surface area contributed by atoms with Gasteiger partial charge in [-0.1, -0.05) is 6.07 Å². The van der Waals surface area contributed by atoms with Gasteiger partial charge in [0.15, 0.2) is 0 Å². The number of ether oxygens (including phenoxy) is 2. The van der Waals surface area contributed by atoms with Crippen LogP contribution in [0.25, 0.3) is 6.08 Å². The van der Waals surface area contributed by atoms with E-state index in [9.17, 15) is 9.59 Å². The SMILES string of the molecule is COC(=O)c1cc(OC)ccc1C=CC(=O)O. The lowest BCUT2D eigenvalue weighted by atomic mass is 10.1. The van der Waals surface area contributed by atoms with Gasteiger partial charge in [0.05, 0.1) is 19.8 Å². The summed E-state index contributed by atoms with van der Waals surface area (Å²) in [4.78, 5) is 21.9. The first-order valence-electron chi connectivity index (χ1n) is 4.76. The third-order valence-electron chi connectivity index (χ3n) is 2.07. The third-order valence-corrected chi connectivity index (χ3v) is 2.07. The van der Waals surface area contributed by atoms with Crippen molar-refractivity contribution in [3.8, 4) is 5.75 Å². The average Bonchev–Trinajstić information content (AvgIpc) is 2.35. The zero-order valence-electron chi connectivity index (χ0n) is 9.47. The van der Waals surface area contributed by atoms with Crippen molar-refractivity contribution in [3.63, 3.8) is 0 Å². The lowest BCUT2D eigenvalue weighted by molar-refractivity contribution is -0.131. The van der Waals surface area contributed by atoms with Crippen LogP contribution >= 0.6 is 0 Å². The van der Waals surface area contributed by atoms with Crippen LogP contribution in [-0.4, -0.2) is 31.3 Å². The minimum Gasteiger partial charge on any atom is -0.497 e. The second kappa shape index (κ2) is 5.69. The predicted molar refractivity (Wildman–Crippen MR) is 61.0 cm³/mol. The first-order chi connectivity index (χ1) is 8.08. The number of carboxylic acids is 1. The maximum Gasteiger partial charge on any atom is 0.338 e. The Morgan fingerprint density at radius 2 is 2.00 bits per heavy atom. The molecule has 0 aliphatic carbocycles. The van der Waals surface area contributed by atoms with E-state index in [2.05, 4.69) is 4.74 Å². The van der Waals surface area contributed by atoms with E-state index in [1.165, 1.54) is 26.4 Å². The summed E-state index contributed by atoms with van der Waals surface area (Å²) in [6.07, 6.45) is 2.28. The van der Waals surface area contributed by atoms with Crippen LogP contribution < -0.4 is 4.74 Å². The second-order valence-electron chi connectivity index (χ2n) is 3.12. The fourth-order valence-electron chi connectivity index (χ4n) is 1.26. The van der Waals surface area contributed by atoms with E-state index in [4.69, 9.17) is 9.84 Å². The summed E-state index contributed by atoms with van der Waals surface area (Å²) >= 11 is 0. The van der Waals surface area contributed by atoms with E-state index < -0.39 is 11.9 Å². The molecule has 5 heteroatoms. The molecular weight excluding hydrogens is 224 g/mol. The van der Waals surface area contributed by atoms with Crippen LogP contribution in [0, 0.1) is 0 Å². The molecule has 0 saturated carbocycles. The van der Waals surface area contributed by atoms with Crippen molar-refractivity contribution in [2.24, 2.45) is 0 Å². The molecule has 0 radical (unpaired) electrons. The van der Waals surface area contributed by atoms with Crippen molar-refractivity contribution < 1.29 is 24.2 Å². The first kappa shape index (κ1) is 12.8. The summed E-state index contributed by atoms with van der Waals surface area (Å²) < 4.78 is 9.59. The maximum absolute atomic E-state index is 11.5. The molecule has 1 rings (SSSR count). The molecule has 90 valence electrons. The highest BCUT2D eigenvalue weighted by molar-refractivity contribution is 5.96. The number of hydrogen-bond acceptors (Lipinski definition) is 4. The number of esters is 1. The molecule has 0 unspecified atom stereocenters. The number of benzene rings is 1. The first-order valence-corrected chi connectivity index (χ1v) is 4.76. The zero-order valence-corrected chi connectivity index (χ0v) is 9.47. The van der Waals surface area contributed by atoms with Crippen LogP contribution in [0.2, 0.25) is 0 Å². The van der Waals surface area contributed by atoms with Gasteiger partial charge in [0.2, 0.25) is 0 Å². The lowest BCUT2D eigenvalue weighted by Crippen LogP contribution is -2.04. The fourth-order valence-corrected chi connectivity index (χ4v) is 1.26. The molecule has 0 aliphatic heterocycles. The smallest absolute Gasteiger partial charge is 0.338 e. The predicted octanol–water partition coefficient (Wildman–Crippen LogP) is 1.58. The Bertz CT molecular complexity index is 462. The standard InChI is InChI=1S/C12H12O5/c1-16-9-5-3-8(4-6-11(13)14)10(7-9)12(15)17-2/h3-7H,1-2H3,(H,13,14). The summed E-state index contributed by atoms with van der Waals surface area (Å²) in [6.45, 7) is 0. The Hall–Kier alpha value is -2.30. The molecule has 1 aromatic carbocycles. The maximum atomic E-state index is 11.5. The van der Waals surface area contributed by atoms with Gasteiger partial charge >= 0.3 is 11.9 Å². The van der Waals surface area contributed by atoms with Crippen molar-refractivity contribution in [2.75, 3.05) is 14.2 Å². The van der Waals surface area contributed by atoms with E-state index in [1.807, 2.05) is 0 Å². The number of rotatable bonds is 4. The van der Waals surface area contributed by atoms with E-state index in [0.29, 0.717) is 11.3 Å². The molecule has 0 bridgehead atoms. The van der Waals surface area contributed by atoms with Gasteiger partial charge in [0.1, 0.15) is 5.75 Å². The molecule has 5 nitrogen and oxygen atoms in total. The third kappa shape index (κ3) is 3.34. The molecule has 0 aliphatic rings. The van der Waals surface area contributed by atoms with Crippen LogP contribution in [0.5, 0.6) is 5.75 Å². The fraction of sp³-hybridized carbons (Fsp3) is 0.167. The van der Waals surface area contributed by atoms with Gasteiger partial charge in [-0.15, -0.1) is 0 Å². The molecule has 0 spiro atoms. The molecular formula is C12H12O5. The molecule has 0 aromatic heterocycles. The Morgan fingerprint density at radius 3 is 2.53 bits per heavy atom. The van der Waals surface area contributed by atoms with Crippen molar-refractivity contribution >= 4 is 18.0 Å². The molecule has 0 saturated heterocycles. The molecule has 0 amide bonds. The minimum atomic E-state index is -1.09. The Kier molecular flexibility index (Phi) is 4.28. The van der Waals surface area contributed by atoms with Crippen LogP contribution in [0.3, 0.4) is 0 Å². The number of carboxylic acid groups (broad SMARTS) is 1. The van der Waals surface area contributed by atoms with Crippen LogP contribution in [-0.2, 0) is 9.53 Å². The minimum absolute atomic E-state index is 0.254. The highest BCUT2D eigenvalue weighted by Gasteiger charge is 2.11. The number of carbonyl (C=O) groups is 2. The van der Waals surface area contributed by atoms with E-state index >= 15 is 0 Å². The monoisotopic (exact) mass is 236 g/mol. The van der Waals surface area contributed by atoms with Crippen molar-refractivity contribution in [1.82, 2.24) is 0 Å². The zero-order chi connectivity index (χ0) is 12.8. The van der Waals surface area contributed by atoms with E-state index in [1.54, 1.807) is 12.1 Å². The molecule has 0 atom stereocenters. The van der Waals surface area contributed by atoms with Crippen molar-refractivity contribution in [3.05, 3.63) is 35.4 Å². The Labute approximate surface area is 98.3 Å². The van der Waals surface area contributed by atoms with Gasteiger partial charge in [-0.25, -0.2) is 9.59 Å². The van der Waals surface area contributed by atoms with Gasteiger partial charge in [-0.2, -0.15) is 0 Å². The molecule has 0 heterocycles. The van der Waals surface area contributed by atoms with Crippen LogP contribution in [0.1, 0.15) is 15.9 Å². The molecule has 17 heavy (non-hydrogen) atoms. The molecule has 1 aromatic rings. The van der Waals surface area contributed by atoms with Gasteiger partial charge in [-0.05, 0) is 23.8 Å². The topological polar surface area (TPSA) is 72.8 Å². The quantitative estimate of drug-likeness (QED) is 0.634. The van der Waals surface area contributed by atoms with Crippen LogP contribution in [0.4, 0.5) is 0 Å². The number of methoxy groups -OCH3 is 2. The highest BCUT2D eigenvalue weighted by Crippen LogP contribution is 2.19. The lowest BCUT2D eigenvalue weighted by Gasteiger charge is -2.06. The number of aliphatic carboxylic acids is 1. The molecule has 1 N–H and O–H groups in total. The van der Waals surface area contributed by atoms with Crippen LogP contribution in [0.15, 0.2) is 24.3 Å². The summed E-state index contributed by atoms with van der Waals surface area (Å²) in [5.41, 5.74) is 0.712. The average molecular weight is 236 g/mol. The highest BCUT2D eigenvalue weighted by atomic mass is 16.5. The van der Waals surface area contributed by atoms with E-state index in [0.717, 1.165) is 6.08 Å².